The Morgan fingerprint density at radius 1 is 1.32 bits per heavy atom. The summed E-state index contributed by atoms with van der Waals surface area (Å²) >= 11 is 3.35. The van der Waals surface area contributed by atoms with Crippen LogP contribution in [-0.2, 0) is 13.1 Å². The van der Waals surface area contributed by atoms with Gasteiger partial charge in [0.2, 0.25) is 5.89 Å². The quantitative estimate of drug-likeness (QED) is 0.783. The van der Waals surface area contributed by atoms with Gasteiger partial charge in [-0.3, -0.25) is 4.40 Å². The van der Waals surface area contributed by atoms with Gasteiger partial charge in [-0.2, -0.15) is 4.98 Å². The fraction of sp³-hybridized carbons (Fsp3) is 0.273. The highest BCUT2D eigenvalue weighted by Gasteiger charge is 2.06. The third-order valence-corrected chi connectivity index (χ3v) is 3.00. The predicted octanol–water partition coefficient (Wildman–Crippen LogP) is 1.47. The van der Waals surface area contributed by atoms with Gasteiger partial charge in [0.1, 0.15) is 4.60 Å². The zero-order chi connectivity index (χ0) is 13.2. The zero-order valence-corrected chi connectivity index (χ0v) is 11.8. The van der Waals surface area contributed by atoms with Crippen molar-refractivity contribution in [3.63, 3.8) is 0 Å². The van der Waals surface area contributed by atoms with Gasteiger partial charge >= 0.3 is 0 Å². The molecule has 98 valence electrons. The van der Waals surface area contributed by atoms with Crippen molar-refractivity contribution >= 4 is 21.6 Å². The normalized spacial score (nSPS) is 11.3. The molecule has 0 saturated heterocycles. The lowest BCUT2D eigenvalue weighted by Crippen LogP contribution is -2.14. The standard InChI is InChI=1S/C11H11BrN6O/c1-7-16-11(19-17-7)5-13-2-8-3-15-10-4-14-9(12)6-18(8)10/h3-4,6,13H,2,5H2,1H3. The number of fused-ring (bicyclic) bond motifs is 1. The van der Waals surface area contributed by atoms with Crippen molar-refractivity contribution in [2.75, 3.05) is 0 Å². The number of rotatable bonds is 4. The first-order chi connectivity index (χ1) is 9.22. The Hall–Kier alpha value is -1.80. The number of aryl methyl sites for hydroxylation is 1. The molecule has 3 rings (SSSR count). The van der Waals surface area contributed by atoms with Gasteiger partial charge in [0.25, 0.3) is 0 Å². The second kappa shape index (κ2) is 5.06. The molecule has 1 N–H and O–H groups in total. The highest BCUT2D eigenvalue weighted by molar-refractivity contribution is 9.10. The van der Waals surface area contributed by atoms with E-state index in [1.54, 1.807) is 13.1 Å². The molecule has 0 aliphatic carbocycles. The van der Waals surface area contributed by atoms with Crippen molar-refractivity contribution in [3.05, 3.63) is 40.6 Å². The number of aromatic nitrogens is 5. The van der Waals surface area contributed by atoms with Crippen LogP contribution >= 0.6 is 15.9 Å². The van der Waals surface area contributed by atoms with E-state index in [4.69, 9.17) is 4.52 Å². The maximum Gasteiger partial charge on any atom is 0.240 e. The third kappa shape index (κ3) is 2.64. The summed E-state index contributed by atoms with van der Waals surface area (Å²) in [7, 11) is 0. The number of hydrogen-bond acceptors (Lipinski definition) is 6. The number of halogens is 1. The maximum absolute atomic E-state index is 5.03. The van der Waals surface area contributed by atoms with E-state index in [0.717, 1.165) is 15.9 Å². The minimum Gasteiger partial charge on any atom is -0.338 e. The molecule has 3 aromatic heterocycles. The topological polar surface area (TPSA) is 81.1 Å². The van der Waals surface area contributed by atoms with E-state index in [1.807, 2.05) is 16.8 Å². The van der Waals surface area contributed by atoms with Gasteiger partial charge in [-0.25, -0.2) is 9.97 Å². The molecular formula is C11H11BrN6O. The van der Waals surface area contributed by atoms with Gasteiger partial charge in [-0.1, -0.05) is 5.16 Å². The molecule has 3 heterocycles. The monoisotopic (exact) mass is 322 g/mol. The van der Waals surface area contributed by atoms with Crippen LogP contribution in [0.1, 0.15) is 17.4 Å². The molecule has 0 aliphatic rings. The molecule has 0 spiro atoms. The summed E-state index contributed by atoms with van der Waals surface area (Å²) in [6, 6.07) is 0. The summed E-state index contributed by atoms with van der Waals surface area (Å²) in [4.78, 5) is 12.5. The second-order valence-corrected chi connectivity index (χ2v) is 4.84. The van der Waals surface area contributed by atoms with Crippen molar-refractivity contribution in [2.45, 2.75) is 20.0 Å². The molecule has 8 heteroatoms. The Bertz CT molecular complexity index is 706. The Labute approximate surface area is 117 Å². The number of hydrogen-bond donors (Lipinski definition) is 1. The minimum atomic E-state index is 0.528. The van der Waals surface area contributed by atoms with Crippen molar-refractivity contribution in [2.24, 2.45) is 0 Å². The lowest BCUT2D eigenvalue weighted by Gasteiger charge is -2.02. The Kier molecular flexibility index (Phi) is 3.26. The molecule has 19 heavy (non-hydrogen) atoms. The van der Waals surface area contributed by atoms with Crippen LogP contribution in [0.15, 0.2) is 27.7 Å². The van der Waals surface area contributed by atoms with Gasteiger partial charge in [0.05, 0.1) is 24.6 Å². The molecule has 0 saturated carbocycles. The van der Waals surface area contributed by atoms with Crippen LogP contribution < -0.4 is 5.32 Å². The molecular weight excluding hydrogens is 312 g/mol. The average Bonchev–Trinajstić information content (AvgIpc) is 2.97. The molecule has 0 aromatic carbocycles. The summed E-state index contributed by atoms with van der Waals surface area (Å²) in [5, 5.41) is 6.97. The Morgan fingerprint density at radius 2 is 2.21 bits per heavy atom. The molecule has 0 radical (unpaired) electrons. The zero-order valence-electron chi connectivity index (χ0n) is 10.2. The van der Waals surface area contributed by atoms with Crippen molar-refractivity contribution in [1.29, 1.82) is 0 Å². The SMILES string of the molecule is Cc1noc(CNCc2cnc3cnc(Br)cn23)n1. The summed E-state index contributed by atoms with van der Waals surface area (Å²) in [6.07, 6.45) is 5.42. The number of imidazole rings is 1. The van der Waals surface area contributed by atoms with Crippen molar-refractivity contribution in [3.8, 4) is 0 Å². The minimum absolute atomic E-state index is 0.528. The van der Waals surface area contributed by atoms with E-state index in [0.29, 0.717) is 24.8 Å². The van der Waals surface area contributed by atoms with Gasteiger partial charge in [0.15, 0.2) is 11.5 Å². The van der Waals surface area contributed by atoms with Crippen LogP contribution in [-0.4, -0.2) is 24.5 Å². The predicted molar refractivity (Wildman–Crippen MR) is 70.3 cm³/mol. The summed E-state index contributed by atoms with van der Waals surface area (Å²) in [5.74, 6) is 1.22. The molecule has 3 aromatic rings. The van der Waals surface area contributed by atoms with Gasteiger partial charge < -0.3 is 9.84 Å². The van der Waals surface area contributed by atoms with E-state index in [9.17, 15) is 0 Å². The van der Waals surface area contributed by atoms with Crippen LogP contribution in [0.5, 0.6) is 0 Å². The maximum atomic E-state index is 5.03. The van der Waals surface area contributed by atoms with Crippen LogP contribution in [0.2, 0.25) is 0 Å². The smallest absolute Gasteiger partial charge is 0.240 e. The average molecular weight is 323 g/mol. The van der Waals surface area contributed by atoms with Gasteiger partial charge in [0, 0.05) is 12.7 Å². The molecule has 0 amide bonds. The van der Waals surface area contributed by atoms with E-state index in [-0.39, 0.29) is 0 Å². The van der Waals surface area contributed by atoms with Gasteiger partial charge in [-0.05, 0) is 22.9 Å². The first-order valence-corrected chi connectivity index (χ1v) is 6.49. The first-order valence-electron chi connectivity index (χ1n) is 5.70. The molecule has 0 unspecified atom stereocenters. The first kappa shape index (κ1) is 12.2. The molecule has 0 fully saturated rings. The lowest BCUT2D eigenvalue weighted by atomic mass is 10.4. The summed E-state index contributed by atoms with van der Waals surface area (Å²) in [6.45, 7) is 2.97. The number of nitrogens with one attached hydrogen (secondary N) is 1. The largest absolute Gasteiger partial charge is 0.338 e. The fourth-order valence-electron chi connectivity index (χ4n) is 1.76. The van der Waals surface area contributed by atoms with E-state index in [2.05, 4.69) is 41.4 Å². The van der Waals surface area contributed by atoms with Crippen molar-refractivity contribution in [1.82, 2.24) is 29.8 Å². The summed E-state index contributed by atoms with van der Waals surface area (Å²) in [5.41, 5.74) is 1.85. The van der Waals surface area contributed by atoms with Crippen LogP contribution in [0.25, 0.3) is 5.65 Å². The molecule has 7 nitrogen and oxygen atoms in total. The van der Waals surface area contributed by atoms with E-state index in [1.165, 1.54) is 0 Å². The van der Waals surface area contributed by atoms with Gasteiger partial charge in [-0.15, -0.1) is 0 Å². The molecule has 0 aliphatic heterocycles. The highest BCUT2D eigenvalue weighted by Crippen LogP contribution is 2.10. The van der Waals surface area contributed by atoms with Crippen LogP contribution in [0.3, 0.4) is 0 Å². The molecule has 0 bridgehead atoms. The fourth-order valence-corrected chi connectivity index (χ4v) is 2.06. The lowest BCUT2D eigenvalue weighted by molar-refractivity contribution is 0.363. The third-order valence-electron chi connectivity index (χ3n) is 2.59. The van der Waals surface area contributed by atoms with E-state index < -0.39 is 0 Å². The van der Waals surface area contributed by atoms with Crippen LogP contribution in [0, 0.1) is 6.92 Å². The van der Waals surface area contributed by atoms with Crippen molar-refractivity contribution < 1.29 is 4.52 Å². The second-order valence-electron chi connectivity index (χ2n) is 4.03. The Balaban J connectivity index is 1.70. The van der Waals surface area contributed by atoms with Crippen LogP contribution in [0.4, 0.5) is 0 Å². The number of nitrogens with zero attached hydrogens (tertiary/aromatic N) is 5. The summed E-state index contributed by atoms with van der Waals surface area (Å²) < 4.78 is 7.77. The van der Waals surface area contributed by atoms with E-state index >= 15 is 0 Å². The highest BCUT2D eigenvalue weighted by atomic mass is 79.9. The Morgan fingerprint density at radius 3 is 3.00 bits per heavy atom. The molecule has 0 atom stereocenters.